The minimum Gasteiger partial charge on any atom is -0.391 e. The number of unbranched alkanes of at least 4 members (excludes halogenated alkanes) is 35. The fourth-order valence-electron chi connectivity index (χ4n) is 9.37. The first-order valence-electron chi connectivity index (χ1n) is 31.7. The summed E-state index contributed by atoms with van der Waals surface area (Å²) in [5, 5.41) is 14.1. The molecule has 0 saturated carbocycles. The molecule has 0 heterocycles. The molecule has 0 aliphatic carbocycles. The fourth-order valence-corrected chi connectivity index (χ4v) is 10.1. The van der Waals surface area contributed by atoms with E-state index in [2.05, 4.69) is 79.9 Å². The predicted octanol–water partition coefficient (Wildman–Crippen LogP) is 19.7. The molecule has 9 heteroatoms. The van der Waals surface area contributed by atoms with E-state index in [1.165, 1.54) is 193 Å². The van der Waals surface area contributed by atoms with Gasteiger partial charge in [0.25, 0.3) is 0 Å². The maximum atomic E-state index is 13.0. The molecule has 0 aromatic heterocycles. The van der Waals surface area contributed by atoms with Crippen LogP contribution in [0.3, 0.4) is 0 Å². The predicted molar refractivity (Wildman–Crippen MR) is 323 cm³/mol. The molecule has 434 valence electrons. The molecule has 0 aromatic carbocycles. The maximum Gasteiger partial charge on any atom is 0.472 e. The van der Waals surface area contributed by atoms with Crippen LogP contribution in [0.2, 0.25) is 0 Å². The Kier molecular flexibility index (Phi) is 54.6. The maximum absolute atomic E-state index is 13.0. The van der Waals surface area contributed by atoms with Crippen molar-refractivity contribution in [3.63, 3.8) is 0 Å². The van der Waals surface area contributed by atoms with Crippen LogP contribution in [0.4, 0.5) is 0 Å². The highest BCUT2D eigenvalue weighted by Crippen LogP contribution is 2.43. The van der Waals surface area contributed by atoms with Gasteiger partial charge in [0.15, 0.2) is 0 Å². The van der Waals surface area contributed by atoms with Crippen LogP contribution in [0, 0.1) is 0 Å². The van der Waals surface area contributed by atoms with E-state index in [1.807, 2.05) is 21.1 Å². The summed E-state index contributed by atoms with van der Waals surface area (Å²) in [4.78, 5) is 23.4. The van der Waals surface area contributed by atoms with Gasteiger partial charge in [-0.3, -0.25) is 13.8 Å². The van der Waals surface area contributed by atoms with E-state index < -0.39 is 20.0 Å². The van der Waals surface area contributed by atoms with E-state index in [0.29, 0.717) is 23.9 Å². The molecule has 0 spiro atoms. The lowest BCUT2D eigenvalue weighted by atomic mass is 10.0. The minimum atomic E-state index is -4.33. The molecular formula is C65H124N2O6P+. The van der Waals surface area contributed by atoms with Crippen LogP contribution in [-0.4, -0.2) is 73.4 Å². The highest BCUT2D eigenvalue weighted by atomic mass is 31.2. The summed E-state index contributed by atoms with van der Waals surface area (Å²) in [6.07, 6.45) is 75.8. The lowest BCUT2D eigenvalue weighted by Gasteiger charge is -2.26. The van der Waals surface area contributed by atoms with Crippen molar-refractivity contribution in [2.45, 2.75) is 309 Å². The third-order valence-electron chi connectivity index (χ3n) is 14.3. The Labute approximate surface area is 460 Å². The summed E-state index contributed by atoms with van der Waals surface area (Å²) in [5.41, 5.74) is 0. The number of nitrogens with zero attached hydrogens (tertiary/aromatic N) is 1. The van der Waals surface area contributed by atoms with E-state index in [-0.39, 0.29) is 19.1 Å². The van der Waals surface area contributed by atoms with Gasteiger partial charge in [-0.2, -0.15) is 0 Å². The largest absolute Gasteiger partial charge is 0.472 e. The highest BCUT2D eigenvalue weighted by molar-refractivity contribution is 7.47. The fraction of sp³-hybridized carbons (Fsp3) is 0.831. The zero-order chi connectivity index (χ0) is 54.2. The van der Waals surface area contributed by atoms with E-state index in [1.54, 1.807) is 0 Å². The summed E-state index contributed by atoms with van der Waals surface area (Å²) < 4.78 is 23.8. The van der Waals surface area contributed by atoms with Crippen molar-refractivity contribution >= 4 is 13.7 Å². The van der Waals surface area contributed by atoms with E-state index >= 15 is 0 Å². The summed E-state index contributed by atoms with van der Waals surface area (Å²) in [5.74, 6) is -0.154. The van der Waals surface area contributed by atoms with Gasteiger partial charge >= 0.3 is 7.82 Å². The zero-order valence-electron chi connectivity index (χ0n) is 49.6. The van der Waals surface area contributed by atoms with Crippen LogP contribution in [0.5, 0.6) is 0 Å². The highest BCUT2D eigenvalue weighted by Gasteiger charge is 2.28. The smallest absolute Gasteiger partial charge is 0.391 e. The Morgan fingerprint density at radius 1 is 0.473 bits per heavy atom. The molecule has 0 bridgehead atoms. The molecule has 0 radical (unpaired) electrons. The zero-order valence-corrected chi connectivity index (χ0v) is 50.5. The van der Waals surface area contributed by atoms with Gasteiger partial charge in [0.1, 0.15) is 13.2 Å². The van der Waals surface area contributed by atoms with Gasteiger partial charge in [0.2, 0.25) is 5.91 Å². The van der Waals surface area contributed by atoms with Gasteiger partial charge in [0.05, 0.1) is 39.9 Å². The number of hydrogen-bond acceptors (Lipinski definition) is 5. The molecule has 0 aromatic rings. The number of nitrogens with one attached hydrogen (secondary N) is 1. The van der Waals surface area contributed by atoms with Crippen molar-refractivity contribution in [3.8, 4) is 0 Å². The SMILES string of the molecule is CC/C=C\C/C=C\C/C=C\C/C=C\C/C=C\CCCCCCCCCC(=O)NC(COP(=O)(O)OCC[N+](C)(C)C)C(O)CCCCCCCCCCCCCCCCCCCCCCCCCCCCCCC. The Hall–Kier alpha value is -1.80. The lowest BCUT2D eigenvalue weighted by molar-refractivity contribution is -0.870. The number of quaternary nitrogens is 1. The van der Waals surface area contributed by atoms with Gasteiger partial charge in [-0.15, -0.1) is 0 Å². The number of hydrogen-bond donors (Lipinski definition) is 3. The van der Waals surface area contributed by atoms with Crippen molar-refractivity contribution in [2.75, 3.05) is 40.9 Å². The van der Waals surface area contributed by atoms with Gasteiger partial charge in [-0.1, -0.05) is 293 Å². The molecule has 0 saturated heterocycles. The summed E-state index contributed by atoms with van der Waals surface area (Å²) in [7, 11) is 1.61. The summed E-state index contributed by atoms with van der Waals surface area (Å²) >= 11 is 0. The average Bonchev–Trinajstić information content (AvgIpc) is 3.36. The monoisotopic (exact) mass is 1060 g/mol. The molecule has 0 aliphatic rings. The van der Waals surface area contributed by atoms with Crippen LogP contribution in [0.25, 0.3) is 0 Å². The van der Waals surface area contributed by atoms with Crippen molar-refractivity contribution in [1.82, 2.24) is 5.32 Å². The minimum absolute atomic E-state index is 0.0702. The second-order valence-electron chi connectivity index (χ2n) is 22.8. The van der Waals surface area contributed by atoms with Crippen molar-refractivity contribution < 1.29 is 32.9 Å². The third kappa shape index (κ3) is 57.9. The molecule has 74 heavy (non-hydrogen) atoms. The molecule has 3 N–H and O–H groups in total. The Balaban J connectivity index is 4.11. The Morgan fingerprint density at radius 2 is 0.811 bits per heavy atom. The van der Waals surface area contributed by atoms with Gasteiger partial charge in [0, 0.05) is 6.42 Å². The number of carbonyl (C=O) groups is 1. The average molecular weight is 1060 g/mol. The number of carbonyl (C=O) groups excluding carboxylic acids is 1. The molecule has 0 fully saturated rings. The first-order chi connectivity index (χ1) is 36.0. The topological polar surface area (TPSA) is 105 Å². The van der Waals surface area contributed by atoms with Crippen LogP contribution in [0.1, 0.15) is 296 Å². The van der Waals surface area contributed by atoms with Crippen LogP contribution in [-0.2, 0) is 18.4 Å². The van der Waals surface area contributed by atoms with Crippen molar-refractivity contribution in [2.24, 2.45) is 0 Å². The number of phosphoric ester groups is 1. The van der Waals surface area contributed by atoms with Gasteiger partial charge in [-0.25, -0.2) is 4.57 Å². The van der Waals surface area contributed by atoms with E-state index in [0.717, 1.165) is 77.0 Å². The first-order valence-corrected chi connectivity index (χ1v) is 33.1. The Bertz CT molecular complexity index is 1390. The number of phosphoric acid groups is 1. The second-order valence-corrected chi connectivity index (χ2v) is 24.2. The molecule has 8 nitrogen and oxygen atoms in total. The van der Waals surface area contributed by atoms with Crippen LogP contribution >= 0.6 is 7.82 Å². The number of aliphatic hydroxyl groups excluding tert-OH is 1. The lowest BCUT2D eigenvalue weighted by Crippen LogP contribution is -2.46. The number of aliphatic hydroxyl groups is 1. The normalized spacial score (nSPS) is 14.2. The quantitative estimate of drug-likeness (QED) is 0.0243. The van der Waals surface area contributed by atoms with Gasteiger partial charge in [-0.05, 0) is 57.8 Å². The summed E-state index contributed by atoms with van der Waals surface area (Å²) in [6.45, 7) is 4.80. The summed E-state index contributed by atoms with van der Waals surface area (Å²) in [6, 6.07) is -0.772. The molecule has 3 unspecified atom stereocenters. The number of rotatable bonds is 58. The standard InChI is InChI=1S/C65H123N2O6P/c1-6-8-10-12-14-16-18-20-22-24-26-28-30-31-32-33-34-35-37-38-40-42-44-46-48-50-52-54-56-58-64(68)63(62-73-74(70,71)72-61-60-67(3,4)5)66-65(69)59-57-55-53-51-49-47-45-43-41-39-36-29-27-25-23-21-19-17-15-13-11-9-7-2/h9,11,15,17,21,23,27,29,39,41,63-64,68H,6-8,10,12-14,16,18-20,22,24-26,28,30-38,40,42-62H2,1-5H3,(H-,66,69,70,71)/p+1/b11-9-,17-15-,23-21-,29-27-,41-39-. The number of amides is 1. The number of likely N-dealkylation sites (N-methyl/N-ethyl adjacent to an activating group) is 1. The van der Waals surface area contributed by atoms with Crippen LogP contribution < -0.4 is 5.32 Å². The third-order valence-corrected chi connectivity index (χ3v) is 15.3. The molecule has 3 atom stereocenters. The number of allylic oxidation sites excluding steroid dienone is 10. The van der Waals surface area contributed by atoms with Crippen molar-refractivity contribution in [1.29, 1.82) is 0 Å². The van der Waals surface area contributed by atoms with Crippen molar-refractivity contribution in [3.05, 3.63) is 60.8 Å². The van der Waals surface area contributed by atoms with E-state index in [9.17, 15) is 19.4 Å². The molecule has 1 amide bonds. The van der Waals surface area contributed by atoms with E-state index in [4.69, 9.17) is 9.05 Å². The second kappa shape index (κ2) is 55.9. The molecule has 0 aliphatic heterocycles. The van der Waals surface area contributed by atoms with Gasteiger partial charge < -0.3 is 19.8 Å². The molecular weight excluding hydrogens is 936 g/mol. The molecule has 0 rings (SSSR count). The van der Waals surface area contributed by atoms with Crippen LogP contribution in [0.15, 0.2) is 60.8 Å². The Morgan fingerprint density at radius 3 is 1.19 bits per heavy atom. The first kappa shape index (κ1) is 72.2.